The van der Waals surface area contributed by atoms with Crippen molar-refractivity contribution in [3.8, 4) is 11.1 Å². The maximum absolute atomic E-state index is 13.3. The Morgan fingerprint density at radius 1 is 1.07 bits per heavy atom. The zero-order valence-corrected chi connectivity index (χ0v) is 15.8. The van der Waals surface area contributed by atoms with Crippen LogP contribution in [0.3, 0.4) is 0 Å². The van der Waals surface area contributed by atoms with Crippen LogP contribution in [0.5, 0.6) is 0 Å². The van der Waals surface area contributed by atoms with Gasteiger partial charge in [-0.1, -0.05) is 30.3 Å². The van der Waals surface area contributed by atoms with Crippen LogP contribution in [-0.2, 0) is 10.9 Å². The number of benzene rings is 2. The molecule has 0 saturated carbocycles. The van der Waals surface area contributed by atoms with Gasteiger partial charge in [-0.15, -0.1) is 12.4 Å². The first-order valence-corrected chi connectivity index (χ1v) is 8.93. The molecular weight excluding hydrogens is 389 g/mol. The molecule has 1 aliphatic rings. The topological polar surface area (TPSA) is 37.9 Å². The Bertz CT molecular complexity index is 975. The van der Waals surface area contributed by atoms with Crippen molar-refractivity contribution in [1.82, 2.24) is 9.97 Å². The van der Waals surface area contributed by atoms with Crippen LogP contribution >= 0.6 is 12.4 Å². The first-order valence-electron chi connectivity index (χ1n) is 8.93. The molecule has 7 heteroatoms. The molecule has 0 aliphatic carbocycles. The van der Waals surface area contributed by atoms with Gasteiger partial charge in [0.25, 0.3) is 0 Å². The number of halogens is 4. The number of ether oxygens (including phenoxy) is 1. The standard InChI is InChI=1S/C21H19F3N2O.ClH/c22-21(23,24)17-4-2-1-3-16(17)15-6-7-18-19(13-15)26-20(25-18)8-5-14-9-11-27-12-10-14;/h1-8,13-14H,9-12H2,(H,25,26);1H. The van der Waals surface area contributed by atoms with Crippen LogP contribution in [0.15, 0.2) is 48.5 Å². The van der Waals surface area contributed by atoms with Gasteiger partial charge in [0.2, 0.25) is 0 Å². The van der Waals surface area contributed by atoms with Crippen molar-refractivity contribution < 1.29 is 17.9 Å². The molecule has 4 rings (SSSR count). The second kappa shape index (κ2) is 8.37. The first-order chi connectivity index (χ1) is 13.0. The average Bonchev–Trinajstić information content (AvgIpc) is 3.08. The van der Waals surface area contributed by atoms with Crippen LogP contribution in [0.25, 0.3) is 28.2 Å². The fourth-order valence-electron chi connectivity index (χ4n) is 3.39. The summed E-state index contributed by atoms with van der Waals surface area (Å²) in [5.74, 6) is 1.18. The highest BCUT2D eigenvalue weighted by molar-refractivity contribution is 5.85. The van der Waals surface area contributed by atoms with Crippen LogP contribution in [0, 0.1) is 5.92 Å². The van der Waals surface area contributed by atoms with E-state index in [-0.39, 0.29) is 18.0 Å². The predicted octanol–water partition coefficient (Wildman–Crippen LogP) is 6.11. The molecule has 148 valence electrons. The summed E-state index contributed by atoms with van der Waals surface area (Å²) >= 11 is 0. The van der Waals surface area contributed by atoms with Gasteiger partial charge in [0.1, 0.15) is 5.82 Å². The van der Waals surface area contributed by atoms with Crippen LogP contribution < -0.4 is 0 Å². The fraction of sp³-hybridized carbons (Fsp3) is 0.286. The van der Waals surface area contributed by atoms with Gasteiger partial charge in [-0.25, -0.2) is 4.98 Å². The zero-order chi connectivity index (χ0) is 18.9. The SMILES string of the molecule is Cl.FC(F)(F)c1ccccc1-c1ccc2[nH]c(C=CC3CCOCC3)nc2c1. The lowest BCUT2D eigenvalue weighted by Crippen LogP contribution is -2.13. The third-order valence-electron chi connectivity index (χ3n) is 4.84. The smallest absolute Gasteiger partial charge is 0.381 e. The number of fused-ring (bicyclic) bond motifs is 1. The third-order valence-corrected chi connectivity index (χ3v) is 4.84. The van der Waals surface area contributed by atoms with E-state index < -0.39 is 11.7 Å². The van der Waals surface area contributed by atoms with Gasteiger partial charge >= 0.3 is 6.18 Å². The van der Waals surface area contributed by atoms with Gasteiger partial charge in [-0.2, -0.15) is 13.2 Å². The van der Waals surface area contributed by atoms with E-state index in [0.717, 1.165) is 37.6 Å². The van der Waals surface area contributed by atoms with E-state index in [4.69, 9.17) is 4.74 Å². The molecule has 2 aromatic carbocycles. The largest absolute Gasteiger partial charge is 0.417 e. The van der Waals surface area contributed by atoms with Gasteiger partial charge < -0.3 is 9.72 Å². The van der Waals surface area contributed by atoms with Crippen molar-refractivity contribution in [3.05, 3.63) is 59.9 Å². The summed E-state index contributed by atoms with van der Waals surface area (Å²) in [5, 5.41) is 0. The van der Waals surface area contributed by atoms with E-state index in [1.807, 2.05) is 6.08 Å². The summed E-state index contributed by atoms with van der Waals surface area (Å²) in [6, 6.07) is 10.8. The molecule has 2 heterocycles. The molecule has 0 unspecified atom stereocenters. The van der Waals surface area contributed by atoms with E-state index in [2.05, 4.69) is 16.0 Å². The Kier molecular flexibility index (Phi) is 6.10. The average molecular weight is 409 g/mol. The van der Waals surface area contributed by atoms with Crippen LogP contribution in [0.2, 0.25) is 0 Å². The number of rotatable bonds is 3. The highest BCUT2D eigenvalue weighted by atomic mass is 35.5. The molecular formula is C21H20ClF3N2O. The van der Waals surface area contributed by atoms with Crippen molar-refractivity contribution in [2.24, 2.45) is 5.92 Å². The number of nitrogens with zero attached hydrogens (tertiary/aromatic N) is 1. The molecule has 0 bridgehead atoms. The molecule has 0 radical (unpaired) electrons. The number of alkyl halides is 3. The van der Waals surface area contributed by atoms with Gasteiger partial charge in [0, 0.05) is 13.2 Å². The fourth-order valence-corrected chi connectivity index (χ4v) is 3.39. The number of aromatic nitrogens is 2. The van der Waals surface area contributed by atoms with Gasteiger partial charge in [-0.05, 0) is 54.2 Å². The molecule has 1 N–H and O–H groups in total. The molecule has 1 aromatic heterocycles. The van der Waals surface area contributed by atoms with Crippen molar-refractivity contribution in [1.29, 1.82) is 0 Å². The highest BCUT2D eigenvalue weighted by Gasteiger charge is 2.33. The predicted molar refractivity (Wildman–Crippen MR) is 106 cm³/mol. The molecule has 0 spiro atoms. The second-order valence-corrected chi connectivity index (χ2v) is 6.71. The van der Waals surface area contributed by atoms with Crippen LogP contribution in [0.4, 0.5) is 13.2 Å². The lowest BCUT2D eigenvalue weighted by Gasteiger charge is -2.18. The molecule has 0 atom stereocenters. The van der Waals surface area contributed by atoms with E-state index in [1.165, 1.54) is 12.1 Å². The highest BCUT2D eigenvalue weighted by Crippen LogP contribution is 2.37. The van der Waals surface area contributed by atoms with Crippen molar-refractivity contribution >= 4 is 29.5 Å². The van der Waals surface area contributed by atoms with E-state index in [1.54, 1.807) is 24.3 Å². The monoisotopic (exact) mass is 408 g/mol. The summed E-state index contributed by atoms with van der Waals surface area (Å²) in [7, 11) is 0. The van der Waals surface area contributed by atoms with E-state index in [0.29, 0.717) is 22.8 Å². The Balaban J connectivity index is 0.00000225. The Morgan fingerprint density at radius 3 is 2.57 bits per heavy atom. The quantitative estimate of drug-likeness (QED) is 0.567. The maximum Gasteiger partial charge on any atom is 0.417 e. The number of allylic oxidation sites excluding steroid dienone is 1. The minimum Gasteiger partial charge on any atom is -0.381 e. The lowest BCUT2D eigenvalue weighted by molar-refractivity contribution is -0.137. The number of imidazole rings is 1. The van der Waals surface area contributed by atoms with E-state index in [9.17, 15) is 13.2 Å². The summed E-state index contributed by atoms with van der Waals surface area (Å²) in [6.07, 6.45) is 1.67. The van der Waals surface area contributed by atoms with Crippen molar-refractivity contribution in [2.75, 3.05) is 13.2 Å². The first kappa shape index (κ1) is 20.4. The van der Waals surface area contributed by atoms with Gasteiger partial charge in [0.15, 0.2) is 0 Å². The molecule has 3 aromatic rings. The molecule has 1 saturated heterocycles. The minimum atomic E-state index is -4.39. The maximum atomic E-state index is 13.3. The molecule has 1 aliphatic heterocycles. The second-order valence-electron chi connectivity index (χ2n) is 6.71. The minimum absolute atomic E-state index is 0. The number of H-pyrrole nitrogens is 1. The van der Waals surface area contributed by atoms with Gasteiger partial charge in [0.05, 0.1) is 16.6 Å². The van der Waals surface area contributed by atoms with Gasteiger partial charge in [-0.3, -0.25) is 0 Å². The zero-order valence-electron chi connectivity index (χ0n) is 15.0. The summed E-state index contributed by atoms with van der Waals surface area (Å²) in [5.41, 5.74) is 1.47. The Morgan fingerprint density at radius 2 is 1.82 bits per heavy atom. The number of aromatic amines is 1. The Hall–Kier alpha value is -2.31. The normalized spacial score (nSPS) is 15.8. The van der Waals surface area contributed by atoms with Crippen LogP contribution in [-0.4, -0.2) is 23.2 Å². The third kappa shape index (κ3) is 4.39. The lowest BCUT2D eigenvalue weighted by atomic mass is 9.99. The molecule has 3 nitrogen and oxygen atoms in total. The van der Waals surface area contributed by atoms with Crippen molar-refractivity contribution in [3.63, 3.8) is 0 Å². The van der Waals surface area contributed by atoms with E-state index >= 15 is 0 Å². The summed E-state index contributed by atoms with van der Waals surface area (Å²) in [4.78, 5) is 7.73. The molecule has 1 fully saturated rings. The number of nitrogens with one attached hydrogen (secondary N) is 1. The Labute approximate surface area is 167 Å². The van der Waals surface area contributed by atoms with Crippen LogP contribution in [0.1, 0.15) is 24.2 Å². The summed E-state index contributed by atoms with van der Waals surface area (Å²) < 4.78 is 45.2. The molecule has 0 amide bonds. The number of hydrogen-bond acceptors (Lipinski definition) is 2. The number of hydrogen-bond donors (Lipinski definition) is 1. The molecule has 28 heavy (non-hydrogen) atoms. The summed E-state index contributed by atoms with van der Waals surface area (Å²) in [6.45, 7) is 1.55. The van der Waals surface area contributed by atoms with Crippen molar-refractivity contribution in [2.45, 2.75) is 19.0 Å².